The molecule has 0 radical (unpaired) electrons. The summed E-state index contributed by atoms with van der Waals surface area (Å²) in [7, 11) is 0. The maximum Gasteiger partial charge on any atom is 0.339 e. The van der Waals surface area contributed by atoms with E-state index < -0.39 is 18.0 Å². The first-order valence-corrected chi connectivity index (χ1v) is 11.7. The summed E-state index contributed by atoms with van der Waals surface area (Å²) in [5.74, 6) is -0.558. The first-order chi connectivity index (χ1) is 16.4. The van der Waals surface area contributed by atoms with Gasteiger partial charge in [0.05, 0.1) is 12.2 Å². The summed E-state index contributed by atoms with van der Waals surface area (Å²) in [6.45, 7) is 5.01. The molecule has 1 saturated heterocycles. The molecule has 34 heavy (non-hydrogen) atoms. The normalized spacial score (nSPS) is 14.1. The molecule has 182 valence electrons. The lowest BCUT2D eigenvalue weighted by Crippen LogP contribution is -2.38. The molecular weight excluding hydrogens is 460 g/mol. The van der Waals surface area contributed by atoms with E-state index in [-0.39, 0.29) is 18.1 Å². The molecule has 1 fully saturated rings. The number of halogens is 1. The molecule has 1 atom stereocenters. The van der Waals surface area contributed by atoms with E-state index in [9.17, 15) is 14.4 Å². The van der Waals surface area contributed by atoms with Gasteiger partial charge < -0.3 is 24.4 Å². The van der Waals surface area contributed by atoms with Gasteiger partial charge in [0.15, 0.2) is 24.2 Å². The summed E-state index contributed by atoms with van der Waals surface area (Å²) >= 11 is 5.84. The van der Waals surface area contributed by atoms with Crippen LogP contribution >= 0.6 is 11.6 Å². The molecule has 0 bridgehead atoms. The van der Waals surface area contributed by atoms with E-state index in [2.05, 4.69) is 5.32 Å². The number of esters is 1. The molecule has 1 aliphatic rings. The number of nitrogens with one attached hydrogen (secondary N) is 1. The Morgan fingerprint density at radius 1 is 1.00 bits per heavy atom. The number of nitrogens with zero attached hydrogens (tertiary/aromatic N) is 1. The zero-order valence-corrected chi connectivity index (χ0v) is 20.1. The fourth-order valence-corrected chi connectivity index (χ4v) is 3.58. The highest BCUT2D eigenvalue weighted by Crippen LogP contribution is 2.29. The second-order valence-corrected chi connectivity index (χ2v) is 8.30. The van der Waals surface area contributed by atoms with Crippen LogP contribution in [0.15, 0.2) is 42.5 Å². The van der Waals surface area contributed by atoms with Crippen LogP contribution in [0, 0.1) is 0 Å². The fourth-order valence-electron chi connectivity index (χ4n) is 3.46. The van der Waals surface area contributed by atoms with Gasteiger partial charge in [0, 0.05) is 23.8 Å². The van der Waals surface area contributed by atoms with Crippen LogP contribution < -0.4 is 14.8 Å². The van der Waals surface area contributed by atoms with Crippen molar-refractivity contribution in [2.75, 3.05) is 31.6 Å². The number of benzene rings is 2. The average Bonchev–Trinajstić information content (AvgIpc) is 2.85. The van der Waals surface area contributed by atoms with Crippen molar-refractivity contribution in [3.63, 3.8) is 0 Å². The molecule has 8 nitrogen and oxygen atoms in total. The molecule has 2 amide bonds. The van der Waals surface area contributed by atoms with Crippen LogP contribution in [-0.2, 0) is 14.3 Å². The Bertz CT molecular complexity index is 1000. The molecule has 0 spiro atoms. The molecule has 0 aliphatic carbocycles. The van der Waals surface area contributed by atoms with Gasteiger partial charge in [0.25, 0.3) is 11.8 Å². The zero-order valence-electron chi connectivity index (χ0n) is 19.3. The van der Waals surface area contributed by atoms with E-state index in [1.54, 1.807) is 42.2 Å². The standard InChI is InChI=1S/C25H29ClN2O6/c1-3-32-22-15-18(7-12-21(22)33-16-23(29)28-13-5-4-6-14-28)25(31)34-17(2)24(30)27-20-10-8-19(26)9-11-20/h7-12,15,17H,3-6,13-14,16H2,1-2H3,(H,27,30). The number of anilines is 1. The smallest absolute Gasteiger partial charge is 0.339 e. The number of carbonyl (C=O) groups excluding carboxylic acids is 3. The maximum absolute atomic E-state index is 12.6. The summed E-state index contributed by atoms with van der Waals surface area (Å²) in [5, 5.41) is 3.21. The van der Waals surface area contributed by atoms with Crippen LogP contribution in [0.5, 0.6) is 11.5 Å². The minimum absolute atomic E-state index is 0.0776. The van der Waals surface area contributed by atoms with E-state index in [0.717, 1.165) is 32.4 Å². The van der Waals surface area contributed by atoms with E-state index >= 15 is 0 Å². The minimum atomic E-state index is -1.03. The number of rotatable bonds is 9. The molecule has 2 aromatic carbocycles. The minimum Gasteiger partial charge on any atom is -0.490 e. The lowest BCUT2D eigenvalue weighted by molar-refractivity contribution is -0.134. The summed E-state index contributed by atoms with van der Waals surface area (Å²) in [5.41, 5.74) is 0.737. The number of likely N-dealkylation sites (tertiary alicyclic amines) is 1. The van der Waals surface area contributed by atoms with E-state index in [0.29, 0.717) is 28.8 Å². The SMILES string of the molecule is CCOc1cc(C(=O)OC(C)C(=O)Nc2ccc(Cl)cc2)ccc1OCC(=O)N1CCCCC1. The second kappa shape index (κ2) is 12.3. The number of carbonyl (C=O) groups is 3. The first kappa shape index (κ1) is 25.4. The fraction of sp³-hybridized carbons (Fsp3) is 0.400. The van der Waals surface area contributed by atoms with Crippen LogP contribution in [0.4, 0.5) is 5.69 Å². The van der Waals surface area contributed by atoms with Crippen LogP contribution in [-0.4, -0.2) is 55.1 Å². The van der Waals surface area contributed by atoms with Crippen molar-refractivity contribution >= 4 is 35.1 Å². The first-order valence-electron chi connectivity index (χ1n) is 11.3. The van der Waals surface area contributed by atoms with Crippen LogP contribution in [0.1, 0.15) is 43.5 Å². The summed E-state index contributed by atoms with van der Waals surface area (Å²) < 4.78 is 16.6. The van der Waals surface area contributed by atoms with Gasteiger partial charge in [-0.05, 0) is 75.6 Å². The highest BCUT2D eigenvalue weighted by molar-refractivity contribution is 6.30. The van der Waals surface area contributed by atoms with Crippen LogP contribution in [0.25, 0.3) is 0 Å². The lowest BCUT2D eigenvalue weighted by atomic mass is 10.1. The Hall–Kier alpha value is -3.26. The van der Waals surface area contributed by atoms with Crippen molar-refractivity contribution in [2.45, 2.75) is 39.2 Å². The molecule has 0 saturated carbocycles. The Kier molecular flexibility index (Phi) is 9.16. The molecule has 9 heteroatoms. The van der Waals surface area contributed by atoms with E-state index in [4.69, 9.17) is 25.8 Å². The molecule has 0 aromatic heterocycles. The van der Waals surface area contributed by atoms with Crippen molar-refractivity contribution in [1.82, 2.24) is 4.90 Å². The van der Waals surface area contributed by atoms with E-state index in [1.807, 2.05) is 0 Å². The Morgan fingerprint density at radius 3 is 2.38 bits per heavy atom. The van der Waals surface area contributed by atoms with Gasteiger partial charge in [-0.1, -0.05) is 11.6 Å². The largest absolute Gasteiger partial charge is 0.490 e. The molecule has 3 rings (SSSR count). The van der Waals surface area contributed by atoms with Crippen molar-refractivity contribution < 1.29 is 28.6 Å². The Labute approximate surface area is 204 Å². The number of hydrogen-bond donors (Lipinski definition) is 1. The third-order valence-electron chi connectivity index (χ3n) is 5.30. The molecule has 2 aromatic rings. The van der Waals surface area contributed by atoms with Crippen molar-refractivity contribution in [1.29, 1.82) is 0 Å². The van der Waals surface area contributed by atoms with Crippen molar-refractivity contribution in [3.05, 3.63) is 53.1 Å². The number of piperidine rings is 1. The van der Waals surface area contributed by atoms with Gasteiger partial charge in [0.2, 0.25) is 0 Å². The maximum atomic E-state index is 12.6. The Morgan fingerprint density at radius 2 is 1.71 bits per heavy atom. The van der Waals surface area contributed by atoms with Gasteiger partial charge in [-0.3, -0.25) is 9.59 Å². The van der Waals surface area contributed by atoms with Gasteiger partial charge in [-0.25, -0.2) is 4.79 Å². The highest BCUT2D eigenvalue weighted by atomic mass is 35.5. The molecule has 1 heterocycles. The highest BCUT2D eigenvalue weighted by Gasteiger charge is 2.22. The summed E-state index contributed by atoms with van der Waals surface area (Å²) in [6.07, 6.45) is 2.11. The molecular formula is C25H29ClN2O6. The van der Waals surface area contributed by atoms with E-state index in [1.165, 1.54) is 19.1 Å². The quantitative estimate of drug-likeness (QED) is 0.528. The summed E-state index contributed by atoms with van der Waals surface area (Å²) in [4.78, 5) is 39.2. The second-order valence-electron chi connectivity index (χ2n) is 7.87. The third kappa shape index (κ3) is 7.12. The predicted octanol–water partition coefficient (Wildman–Crippen LogP) is 4.31. The molecule has 1 unspecified atom stereocenters. The van der Waals surface area contributed by atoms with Crippen molar-refractivity contribution in [3.8, 4) is 11.5 Å². The van der Waals surface area contributed by atoms with Crippen LogP contribution in [0.2, 0.25) is 5.02 Å². The van der Waals surface area contributed by atoms with Crippen molar-refractivity contribution in [2.24, 2.45) is 0 Å². The number of hydrogen-bond acceptors (Lipinski definition) is 6. The van der Waals surface area contributed by atoms with Gasteiger partial charge in [0.1, 0.15) is 0 Å². The average molecular weight is 489 g/mol. The van der Waals surface area contributed by atoms with Crippen LogP contribution in [0.3, 0.4) is 0 Å². The van der Waals surface area contributed by atoms with Gasteiger partial charge in [-0.15, -0.1) is 0 Å². The topological polar surface area (TPSA) is 94.2 Å². The summed E-state index contributed by atoms with van der Waals surface area (Å²) in [6, 6.07) is 11.1. The number of amides is 2. The van der Waals surface area contributed by atoms with Gasteiger partial charge in [-0.2, -0.15) is 0 Å². The van der Waals surface area contributed by atoms with Gasteiger partial charge >= 0.3 is 5.97 Å². The third-order valence-corrected chi connectivity index (χ3v) is 5.56. The predicted molar refractivity (Wildman–Crippen MR) is 128 cm³/mol. The lowest BCUT2D eigenvalue weighted by Gasteiger charge is -2.26. The molecule has 1 aliphatic heterocycles. The zero-order chi connectivity index (χ0) is 24.5. The molecule has 1 N–H and O–H groups in total. The monoisotopic (exact) mass is 488 g/mol. The Balaban J connectivity index is 1.60. The number of ether oxygens (including phenoxy) is 3.